The van der Waals surface area contributed by atoms with E-state index < -0.39 is 0 Å². The molecule has 12 heteroatoms. The molecular formula is C38H47N9O3. The van der Waals surface area contributed by atoms with Gasteiger partial charge in [0.1, 0.15) is 0 Å². The normalized spacial score (nSPS) is 16.4. The molecule has 1 aromatic heterocycles. The van der Waals surface area contributed by atoms with Crippen LogP contribution in [0, 0.1) is 16.7 Å². The second-order valence-electron chi connectivity index (χ2n) is 13.0. The van der Waals surface area contributed by atoms with Gasteiger partial charge in [-0.25, -0.2) is 9.98 Å². The maximum absolute atomic E-state index is 13.2. The third-order valence-electron chi connectivity index (χ3n) is 9.07. The summed E-state index contributed by atoms with van der Waals surface area (Å²) in [7, 11) is 1.75. The fourth-order valence-electron chi connectivity index (χ4n) is 6.29. The van der Waals surface area contributed by atoms with Crippen molar-refractivity contribution in [2.24, 2.45) is 10.9 Å². The maximum Gasteiger partial charge on any atom is 0.237 e. The van der Waals surface area contributed by atoms with Crippen molar-refractivity contribution < 1.29 is 14.3 Å². The van der Waals surface area contributed by atoms with E-state index in [9.17, 15) is 9.59 Å². The van der Waals surface area contributed by atoms with Crippen LogP contribution in [0.1, 0.15) is 55.4 Å². The number of nitrogens with two attached hydrogens (primary N) is 1. The summed E-state index contributed by atoms with van der Waals surface area (Å²) in [5, 5.41) is 19.6. The van der Waals surface area contributed by atoms with E-state index in [4.69, 9.17) is 21.3 Å². The first kappa shape index (κ1) is 35.9. The number of hydrogen-bond donors (Lipinski definition) is 4. The molecule has 0 spiro atoms. The number of carbonyl (C=O) groups excluding carboxylic acids is 2. The van der Waals surface area contributed by atoms with Crippen molar-refractivity contribution in [1.29, 1.82) is 10.8 Å². The van der Waals surface area contributed by atoms with E-state index in [1.165, 1.54) is 11.9 Å². The van der Waals surface area contributed by atoms with E-state index in [0.717, 1.165) is 49.9 Å². The van der Waals surface area contributed by atoms with Gasteiger partial charge < -0.3 is 25.6 Å². The number of likely N-dealkylation sites (tertiary alicyclic amines) is 1. The highest BCUT2D eigenvalue weighted by molar-refractivity contribution is 6.14. The predicted octanol–water partition coefficient (Wildman–Crippen LogP) is 4.43. The highest BCUT2D eigenvalue weighted by Crippen LogP contribution is 2.27. The molecule has 262 valence electrons. The molecule has 50 heavy (non-hydrogen) atoms. The molecule has 2 aliphatic rings. The lowest BCUT2D eigenvalue weighted by atomic mass is 9.98. The number of anilines is 2. The number of rotatable bonds is 14. The van der Waals surface area contributed by atoms with Gasteiger partial charge in [0.05, 0.1) is 24.7 Å². The molecule has 2 aliphatic heterocycles. The first-order valence-corrected chi connectivity index (χ1v) is 17.1. The molecule has 1 fully saturated rings. The van der Waals surface area contributed by atoms with Crippen molar-refractivity contribution >= 4 is 47.2 Å². The number of carbonyl (C=O) groups is 2. The van der Waals surface area contributed by atoms with Crippen LogP contribution in [0.25, 0.3) is 5.57 Å². The predicted molar refractivity (Wildman–Crippen MR) is 199 cm³/mol. The molecule has 0 saturated carbocycles. The van der Waals surface area contributed by atoms with Crippen LogP contribution in [0.4, 0.5) is 11.4 Å². The first-order valence-electron chi connectivity index (χ1n) is 17.1. The van der Waals surface area contributed by atoms with E-state index in [1.54, 1.807) is 48.5 Å². The Balaban J connectivity index is 1.10. The molecule has 0 aliphatic carbocycles. The highest BCUT2D eigenvalue weighted by Gasteiger charge is 2.27. The highest BCUT2D eigenvalue weighted by atomic mass is 16.5. The molecule has 1 atom stereocenters. The molecule has 0 unspecified atom stereocenters. The summed E-state index contributed by atoms with van der Waals surface area (Å²) < 4.78 is 5.61. The van der Waals surface area contributed by atoms with E-state index in [2.05, 4.69) is 26.3 Å². The lowest BCUT2D eigenvalue weighted by Crippen LogP contribution is -2.41. The first-order chi connectivity index (χ1) is 24.1. The Bertz CT molecular complexity index is 1740. The van der Waals surface area contributed by atoms with Crippen LogP contribution in [-0.2, 0) is 9.59 Å². The summed E-state index contributed by atoms with van der Waals surface area (Å²) in [4.78, 5) is 39.5. The molecule has 5 N–H and O–H groups in total. The van der Waals surface area contributed by atoms with Gasteiger partial charge in [-0.15, -0.1) is 0 Å². The topological polar surface area (TPSA) is 164 Å². The summed E-state index contributed by atoms with van der Waals surface area (Å²) in [6.45, 7) is 7.70. The zero-order chi connectivity index (χ0) is 35.6. The number of benzene rings is 2. The van der Waals surface area contributed by atoms with Gasteiger partial charge >= 0.3 is 0 Å². The van der Waals surface area contributed by atoms with Gasteiger partial charge in [-0.3, -0.25) is 25.3 Å². The second kappa shape index (κ2) is 16.8. The van der Waals surface area contributed by atoms with Gasteiger partial charge in [-0.1, -0.05) is 30.3 Å². The van der Waals surface area contributed by atoms with Crippen molar-refractivity contribution in [3.8, 4) is 5.88 Å². The molecule has 3 aromatic rings. The third kappa shape index (κ3) is 9.20. The van der Waals surface area contributed by atoms with Gasteiger partial charge in [0.25, 0.3) is 0 Å². The van der Waals surface area contributed by atoms with Crippen LogP contribution in [0.15, 0.2) is 71.9 Å². The van der Waals surface area contributed by atoms with Crippen molar-refractivity contribution in [2.45, 2.75) is 39.2 Å². The monoisotopic (exact) mass is 677 g/mol. The number of nitrogens with zero attached hydrogens (tertiary/aromatic N) is 5. The molecule has 0 bridgehead atoms. The molecule has 1 saturated heterocycles. The molecular weight excluding hydrogens is 630 g/mol. The third-order valence-corrected chi connectivity index (χ3v) is 9.07. The zero-order valence-corrected chi connectivity index (χ0v) is 29.1. The summed E-state index contributed by atoms with van der Waals surface area (Å²) in [6.07, 6.45) is 8.60. The summed E-state index contributed by atoms with van der Waals surface area (Å²) >= 11 is 0. The van der Waals surface area contributed by atoms with Gasteiger partial charge in [0, 0.05) is 73.6 Å². The average Bonchev–Trinajstić information content (AvgIpc) is 3.58. The van der Waals surface area contributed by atoms with Crippen LogP contribution in [0.3, 0.4) is 0 Å². The number of aliphatic imine (C=N–C) groups is 1. The summed E-state index contributed by atoms with van der Waals surface area (Å²) in [6, 6.07) is 16.7. The summed E-state index contributed by atoms with van der Waals surface area (Å²) in [5.74, 6) is 1.20. The Kier molecular flexibility index (Phi) is 12.1. The fourth-order valence-corrected chi connectivity index (χ4v) is 6.29. The number of amidine groups is 1. The Morgan fingerprint density at radius 2 is 1.92 bits per heavy atom. The number of nitrogens with one attached hydrogen (secondary N) is 3. The number of pyridine rings is 1. The Morgan fingerprint density at radius 1 is 1.14 bits per heavy atom. The van der Waals surface area contributed by atoms with Crippen LogP contribution in [0.2, 0.25) is 0 Å². The summed E-state index contributed by atoms with van der Waals surface area (Å²) in [5.41, 5.74) is 11.8. The van der Waals surface area contributed by atoms with Gasteiger partial charge in [-0.05, 0) is 81.0 Å². The van der Waals surface area contributed by atoms with Crippen LogP contribution < -0.4 is 20.7 Å². The molecule has 0 radical (unpaired) electrons. The van der Waals surface area contributed by atoms with Crippen molar-refractivity contribution in [3.63, 3.8) is 0 Å². The van der Waals surface area contributed by atoms with Crippen molar-refractivity contribution in [3.05, 3.63) is 89.1 Å². The lowest BCUT2D eigenvalue weighted by molar-refractivity contribution is -0.131. The number of nitrogen functional groups attached to an aromatic ring is 1. The number of hydrogen-bond acceptors (Lipinski definition) is 8. The molecule has 2 amide bonds. The number of amides is 2. The van der Waals surface area contributed by atoms with Gasteiger partial charge in [0.15, 0.2) is 5.84 Å². The smallest absolute Gasteiger partial charge is 0.237 e. The van der Waals surface area contributed by atoms with Crippen molar-refractivity contribution in [1.82, 2.24) is 20.1 Å². The number of aromatic nitrogens is 1. The molecule has 5 rings (SSSR count). The molecule has 12 nitrogen and oxygen atoms in total. The van der Waals surface area contributed by atoms with Crippen LogP contribution in [0.5, 0.6) is 5.88 Å². The Hall–Kier alpha value is -5.36. The largest absolute Gasteiger partial charge is 0.475 e. The standard InChI is InChI=1S/C38H47N9O3/c1-26(2)50-35-11-8-31(21-43-35)37(40)33-20-32(9-10-34(33)39)47(25-48)17-13-27-12-16-45(22-27)23-36(49)46-18-14-29(15-19-46)28-4-6-30(7-5-28)38(41)44-24-42-3/h4-11,14,20-21,24-27,40H,12-13,15-19,22-23,39H2,1-3H3,(H2,41,42,44)/t27-/m0/s1. The van der Waals surface area contributed by atoms with E-state index >= 15 is 0 Å². The minimum absolute atomic E-state index is 0.000320. The maximum atomic E-state index is 13.2. The SMILES string of the molecule is CN/C=N\C(=N)c1ccc(C2=CCN(C(=O)CN3CC[C@@H](CCN(C=O)c4ccc(N)c(C(=N)c5ccc(OC(C)C)nc5)c4)C3)CC2)cc1. The minimum atomic E-state index is 0.000320. The van der Waals surface area contributed by atoms with Gasteiger partial charge in [0.2, 0.25) is 18.2 Å². The van der Waals surface area contributed by atoms with E-state index in [-0.39, 0.29) is 23.6 Å². The molecule has 2 aromatic carbocycles. The quantitative estimate of drug-likeness (QED) is 0.0849. The van der Waals surface area contributed by atoms with Crippen LogP contribution in [-0.4, -0.2) is 97.4 Å². The number of ether oxygens (including phenoxy) is 1. The lowest BCUT2D eigenvalue weighted by Gasteiger charge is -2.28. The second-order valence-corrected chi connectivity index (χ2v) is 13.0. The van der Waals surface area contributed by atoms with E-state index in [0.29, 0.717) is 60.5 Å². The van der Waals surface area contributed by atoms with Gasteiger partial charge in [-0.2, -0.15) is 0 Å². The minimum Gasteiger partial charge on any atom is -0.475 e. The fraction of sp³-hybridized carbons (Fsp3) is 0.368. The van der Waals surface area contributed by atoms with Crippen LogP contribution >= 0.6 is 0 Å². The van der Waals surface area contributed by atoms with Crippen molar-refractivity contribution in [2.75, 3.05) is 56.9 Å². The Morgan fingerprint density at radius 3 is 2.58 bits per heavy atom. The molecule has 3 heterocycles. The zero-order valence-electron chi connectivity index (χ0n) is 29.1. The van der Waals surface area contributed by atoms with E-state index in [1.807, 2.05) is 43.0 Å². The average molecular weight is 678 g/mol. The Labute approximate surface area is 294 Å².